The van der Waals surface area contributed by atoms with E-state index in [1.807, 2.05) is 12.1 Å². The van der Waals surface area contributed by atoms with E-state index in [4.69, 9.17) is 0 Å². The number of nitrogens with one attached hydrogen (secondary N) is 1. The third kappa shape index (κ3) is 3.29. The fourth-order valence-corrected chi connectivity index (χ4v) is 3.96. The molecule has 1 saturated carbocycles. The number of fused-ring (bicyclic) bond motifs is 2. The van der Waals surface area contributed by atoms with E-state index in [1.165, 1.54) is 6.07 Å². The number of hydrogen-bond acceptors (Lipinski definition) is 4. The quantitative estimate of drug-likeness (QED) is 0.459. The molecule has 5 rings (SSSR count). The summed E-state index contributed by atoms with van der Waals surface area (Å²) in [5, 5.41) is 19.1. The first-order valence-corrected chi connectivity index (χ1v) is 8.99. The molecule has 0 bridgehead atoms. The molecule has 3 heterocycles. The largest absolute Gasteiger partial charge is 1.00 e. The molecule has 1 N–H and O–H groups in total. The zero-order valence-electron chi connectivity index (χ0n) is 16.0. The number of pyridine rings is 2. The van der Waals surface area contributed by atoms with Gasteiger partial charge in [-0.15, -0.1) is 0 Å². The Morgan fingerprint density at radius 1 is 1.31 bits per heavy atom. The van der Waals surface area contributed by atoms with Crippen molar-refractivity contribution in [2.45, 2.75) is 25.7 Å². The van der Waals surface area contributed by atoms with Gasteiger partial charge in [0.1, 0.15) is 5.82 Å². The van der Waals surface area contributed by atoms with Gasteiger partial charge in [-0.05, 0) is 60.6 Å². The SMILES string of the molecule is Cc1c(-c2ccc3[nH]ncc3c2)c(F)cn2c(=O)c(C(=O)[O-])cc(C3CC3)c12.[K+]. The number of hydrogen-bond donors (Lipinski definition) is 1. The summed E-state index contributed by atoms with van der Waals surface area (Å²) in [7, 11) is 0. The summed E-state index contributed by atoms with van der Waals surface area (Å²) < 4.78 is 16.2. The molecule has 1 fully saturated rings. The van der Waals surface area contributed by atoms with E-state index >= 15 is 4.39 Å². The molecular formula is C21H15FKN3O3. The first-order valence-electron chi connectivity index (χ1n) is 8.99. The fourth-order valence-electron chi connectivity index (χ4n) is 3.96. The molecule has 1 aromatic carbocycles. The predicted octanol–water partition coefficient (Wildman–Crippen LogP) is -0.465. The molecule has 3 aromatic heterocycles. The third-order valence-electron chi connectivity index (χ3n) is 5.44. The van der Waals surface area contributed by atoms with Crippen LogP contribution in [0.25, 0.3) is 27.5 Å². The summed E-state index contributed by atoms with van der Waals surface area (Å²) >= 11 is 0. The number of halogens is 1. The van der Waals surface area contributed by atoms with Crippen LogP contribution in [0, 0.1) is 12.7 Å². The number of carboxylic acid groups (broad SMARTS) is 1. The zero-order chi connectivity index (χ0) is 19.6. The summed E-state index contributed by atoms with van der Waals surface area (Å²) in [5.41, 5.74) is 2.62. The molecule has 0 spiro atoms. The Morgan fingerprint density at radius 2 is 2.07 bits per heavy atom. The van der Waals surface area contributed by atoms with E-state index in [2.05, 4.69) is 10.2 Å². The number of benzene rings is 1. The second-order valence-corrected chi connectivity index (χ2v) is 7.25. The van der Waals surface area contributed by atoms with Gasteiger partial charge in [-0.1, -0.05) is 6.07 Å². The second-order valence-electron chi connectivity index (χ2n) is 7.25. The first-order chi connectivity index (χ1) is 13.5. The van der Waals surface area contributed by atoms with Crippen molar-refractivity contribution < 1.29 is 65.7 Å². The molecule has 0 radical (unpaired) electrons. The number of H-pyrrole nitrogens is 1. The average Bonchev–Trinajstić information content (AvgIpc) is 3.39. The summed E-state index contributed by atoms with van der Waals surface area (Å²) in [6.07, 6.45) is 4.57. The predicted molar refractivity (Wildman–Crippen MR) is 99.8 cm³/mol. The van der Waals surface area contributed by atoms with Gasteiger partial charge in [0.05, 0.1) is 28.8 Å². The summed E-state index contributed by atoms with van der Waals surface area (Å²) in [5.74, 6) is -1.97. The molecule has 4 aromatic rings. The maximum Gasteiger partial charge on any atom is 1.00 e. The van der Waals surface area contributed by atoms with Crippen molar-refractivity contribution in [1.29, 1.82) is 0 Å². The third-order valence-corrected chi connectivity index (χ3v) is 5.44. The molecule has 6 nitrogen and oxygen atoms in total. The zero-order valence-corrected chi connectivity index (χ0v) is 19.1. The fraction of sp³-hybridized carbons (Fsp3) is 0.190. The van der Waals surface area contributed by atoms with Crippen LogP contribution < -0.4 is 62.1 Å². The van der Waals surface area contributed by atoms with Crippen molar-refractivity contribution >= 4 is 22.4 Å². The molecule has 1 aliphatic rings. The van der Waals surface area contributed by atoms with Crippen LogP contribution in [0.3, 0.4) is 0 Å². The van der Waals surface area contributed by atoms with E-state index in [0.29, 0.717) is 22.2 Å². The topological polar surface area (TPSA) is 90.3 Å². The molecule has 140 valence electrons. The van der Waals surface area contributed by atoms with Crippen LogP contribution in [0.15, 0.2) is 41.5 Å². The number of carboxylic acids is 1. The number of carbonyl (C=O) groups excluding carboxylic acids is 1. The Hall–Kier alpha value is -1.84. The van der Waals surface area contributed by atoms with Crippen molar-refractivity contribution in [2.24, 2.45) is 0 Å². The van der Waals surface area contributed by atoms with Crippen LogP contribution in [-0.4, -0.2) is 20.6 Å². The number of nitrogens with zero attached hydrogens (tertiary/aromatic N) is 2. The number of aryl methyl sites for hydroxylation is 1. The van der Waals surface area contributed by atoms with Gasteiger partial charge in [-0.25, -0.2) is 4.39 Å². The van der Waals surface area contributed by atoms with Gasteiger partial charge in [0.2, 0.25) is 0 Å². The number of carbonyl (C=O) groups is 1. The Kier molecular flexibility index (Phi) is 5.24. The van der Waals surface area contributed by atoms with Crippen LogP contribution in [0.1, 0.15) is 40.2 Å². The first kappa shape index (κ1) is 20.4. The number of aromatic amines is 1. The maximum atomic E-state index is 15.1. The molecule has 29 heavy (non-hydrogen) atoms. The van der Waals surface area contributed by atoms with E-state index in [9.17, 15) is 14.7 Å². The molecule has 0 unspecified atom stereocenters. The second kappa shape index (κ2) is 7.44. The molecule has 0 saturated heterocycles. The molecule has 8 heteroatoms. The molecule has 1 aliphatic carbocycles. The van der Waals surface area contributed by atoms with Crippen LogP contribution in [0.4, 0.5) is 4.39 Å². The Morgan fingerprint density at radius 3 is 2.76 bits per heavy atom. The van der Waals surface area contributed by atoms with Crippen molar-refractivity contribution in [2.75, 3.05) is 0 Å². The molecular weight excluding hydrogens is 400 g/mol. The van der Waals surface area contributed by atoms with E-state index in [1.54, 1.807) is 19.2 Å². The van der Waals surface area contributed by atoms with E-state index < -0.39 is 22.9 Å². The van der Waals surface area contributed by atoms with Crippen LogP contribution >= 0.6 is 0 Å². The number of aromatic carboxylic acids is 1. The maximum absolute atomic E-state index is 15.1. The summed E-state index contributed by atoms with van der Waals surface area (Å²) in [6, 6.07) is 6.87. The number of aromatic nitrogens is 3. The minimum atomic E-state index is -1.55. The Bertz CT molecular complexity index is 1360. The van der Waals surface area contributed by atoms with Gasteiger partial charge >= 0.3 is 51.4 Å². The average molecular weight is 415 g/mol. The van der Waals surface area contributed by atoms with Gasteiger partial charge in [0, 0.05) is 17.1 Å². The van der Waals surface area contributed by atoms with Crippen molar-refractivity contribution in [3.63, 3.8) is 0 Å². The van der Waals surface area contributed by atoms with Crippen molar-refractivity contribution in [3.05, 3.63) is 69.5 Å². The molecule has 0 amide bonds. The van der Waals surface area contributed by atoms with Crippen LogP contribution in [0.2, 0.25) is 0 Å². The minimum absolute atomic E-state index is 0. The van der Waals surface area contributed by atoms with Gasteiger partial charge in [0.15, 0.2) is 0 Å². The van der Waals surface area contributed by atoms with Gasteiger partial charge in [0.25, 0.3) is 5.56 Å². The standard InChI is InChI=1S/C21H16FN3O3.K/c1-10-18(12-4-5-17-13(6-12)8-23-24-17)16(22)9-25-19(10)14(11-2-3-11)7-15(20(25)26)21(27)28;/h4-9,11H,2-3H2,1H3,(H,23,24)(H,27,28);/q;+1/p-1. The Labute approximate surface area is 207 Å². The van der Waals surface area contributed by atoms with Gasteiger partial charge < -0.3 is 9.90 Å². The number of rotatable bonds is 3. The van der Waals surface area contributed by atoms with Gasteiger partial charge in [-0.2, -0.15) is 5.10 Å². The van der Waals surface area contributed by atoms with E-state index in [-0.39, 0.29) is 57.3 Å². The summed E-state index contributed by atoms with van der Waals surface area (Å²) in [4.78, 5) is 24.0. The molecule has 0 atom stereocenters. The van der Waals surface area contributed by atoms with E-state index in [0.717, 1.165) is 39.9 Å². The van der Waals surface area contributed by atoms with Crippen molar-refractivity contribution in [1.82, 2.24) is 14.6 Å². The monoisotopic (exact) mass is 415 g/mol. The van der Waals surface area contributed by atoms with Crippen LogP contribution in [0.5, 0.6) is 0 Å². The van der Waals surface area contributed by atoms with Gasteiger partial charge in [-0.3, -0.25) is 14.3 Å². The minimum Gasteiger partial charge on any atom is -0.545 e. The smallest absolute Gasteiger partial charge is 0.545 e. The normalized spacial score (nSPS) is 13.6. The molecule has 0 aliphatic heterocycles. The van der Waals surface area contributed by atoms with Crippen LogP contribution in [-0.2, 0) is 0 Å². The van der Waals surface area contributed by atoms with Crippen molar-refractivity contribution in [3.8, 4) is 11.1 Å². The summed E-state index contributed by atoms with van der Waals surface area (Å²) in [6.45, 7) is 1.76. The Balaban J connectivity index is 0.00000205.